The number of sulfonamides is 1. The monoisotopic (exact) mass is 341 g/mol. The molecule has 0 spiro atoms. The largest absolute Gasteiger partial charge is 0.380 e. The first kappa shape index (κ1) is 16.3. The molecule has 1 N–H and O–H groups in total. The average molecular weight is 341 g/mol. The quantitative estimate of drug-likeness (QED) is 0.842. The van der Waals surface area contributed by atoms with Gasteiger partial charge in [0, 0.05) is 0 Å². The van der Waals surface area contributed by atoms with Gasteiger partial charge in [0.15, 0.2) is 5.75 Å². The van der Waals surface area contributed by atoms with Gasteiger partial charge in [-0.1, -0.05) is 29.8 Å². The van der Waals surface area contributed by atoms with Gasteiger partial charge in [-0.15, -0.1) is 0 Å². The smallest absolute Gasteiger partial charge is 0.306 e. The number of hydrogen-bond acceptors (Lipinski definition) is 5. The van der Waals surface area contributed by atoms with E-state index in [4.69, 9.17) is 4.18 Å². The summed E-state index contributed by atoms with van der Waals surface area (Å²) in [4.78, 5) is 0.0762. The van der Waals surface area contributed by atoms with Gasteiger partial charge in [0.1, 0.15) is 0 Å². The van der Waals surface area contributed by atoms with Crippen LogP contribution in [0, 0.1) is 6.92 Å². The highest BCUT2D eigenvalue weighted by Crippen LogP contribution is 2.27. The van der Waals surface area contributed by atoms with E-state index in [-0.39, 0.29) is 16.3 Å². The summed E-state index contributed by atoms with van der Waals surface area (Å²) in [5.41, 5.74) is 0.980. The second-order valence-corrected chi connectivity index (χ2v) is 7.96. The van der Waals surface area contributed by atoms with E-state index in [0.717, 1.165) is 11.8 Å². The molecule has 0 radical (unpaired) electrons. The van der Waals surface area contributed by atoms with E-state index in [1.165, 1.54) is 24.3 Å². The fourth-order valence-electron chi connectivity index (χ4n) is 1.71. The Labute approximate surface area is 129 Å². The molecule has 0 unspecified atom stereocenters. The molecule has 2 aromatic rings. The lowest BCUT2D eigenvalue weighted by atomic mass is 10.2. The van der Waals surface area contributed by atoms with Crippen LogP contribution >= 0.6 is 0 Å². The van der Waals surface area contributed by atoms with Crippen molar-refractivity contribution in [2.24, 2.45) is 0 Å². The molecule has 0 aliphatic heterocycles. The Balaban J connectivity index is 2.36. The van der Waals surface area contributed by atoms with E-state index < -0.39 is 20.1 Å². The Bertz CT molecular complexity index is 872. The zero-order chi connectivity index (χ0) is 16.4. The lowest BCUT2D eigenvalue weighted by molar-refractivity contribution is 0.494. The molecule has 0 amide bonds. The number of aryl methyl sites for hydroxylation is 1. The first-order valence-corrected chi connectivity index (χ1v) is 9.55. The molecule has 0 aliphatic carbocycles. The predicted molar refractivity (Wildman–Crippen MR) is 83.9 cm³/mol. The first-order valence-electron chi connectivity index (χ1n) is 6.25. The minimum absolute atomic E-state index is 0.0495. The van der Waals surface area contributed by atoms with E-state index in [0.29, 0.717) is 0 Å². The molecule has 0 heterocycles. The third-order valence-electron chi connectivity index (χ3n) is 2.70. The SMILES string of the molecule is Cc1ccc(S(=O)(=O)Nc2ccccc2OS(C)(=O)=O)cc1. The van der Waals surface area contributed by atoms with Crippen LogP contribution in [-0.2, 0) is 20.1 Å². The molecule has 8 heteroatoms. The molecule has 2 aromatic carbocycles. The molecule has 22 heavy (non-hydrogen) atoms. The Morgan fingerprint density at radius 2 is 1.50 bits per heavy atom. The van der Waals surface area contributed by atoms with Crippen molar-refractivity contribution in [3.05, 3.63) is 54.1 Å². The molecule has 6 nitrogen and oxygen atoms in total. The fraction of sp³-hybridized carbons (Fsp3) is 0.143. The molecule has 0 atom stereocenters. The zero-order valence-electron chi connectivity index (χ0n) is 12.0. The van der Waals surface area contributed by atoms with Crippen molar-refractivity contribution in [1.82, 2.24) is 0 Å². The van der Waals surface area contributed by atoms with Crippen molar-refractivity contribution in [2.45, 2.75) is 11.8 Å². The van der Waals surface area contributed by atoms with E-state index in [2.05, 4.69) is 4.72 Å². The van der Waals surface area contributed by atoms with Crippen molar-refractivity contribution in [1.29, 1.82) is 0 Å². The van der Waals surface area contributed by atoms with Crippen molar-refractivity contribution in [3.63, 3.8) is 0 Å². The second-order valence-electron chi connectivity index (χ2n) is 4.70. The third-order valence-corrected chi connectivity index (χ3v) is 4.57. The molecular weight excluding hydrogens is 326 g/mol. The molecule has 0 bridgehead atoms. The van der Waals surface area contributed by atoms with Crippen LogP contribution in [0.4, 0.5) is 5.69 Å². The number of nitrogens with one attached hydrogen (secondary N) is 1. The molecule has 118 valence electrons. The summed E-state index contributed by atoms with van der Waals surface area (Å²) < 4.78 is 54.2. The fourth-order valence-corrected chi connectivity index (χ4v) is 3.25. The average Bonchev–Trinajstić information content (AvgIpc) is 2.39. The van der Waals surface area contributed by atoms with Gasteiger partial charge in [-0.3, -0.25) is 4.72 Å². The van der Waals surface area contributed by atoms with Gasteiger partial charge in [-0.05, 0) is 31.2 Å². The molecule has 0 aromatic heterocycles. The maximum Gasteiger partial charge on any atom is 0.306 e. The van der Waals surface area contributed by atoms with Crippen molar-refractivity contribution >= 4 is 25.8 Å². The van der Waals surface area contributed by atoms with Gasteiger partial charge in [0.05, 0.1) is 16.8 Å². The van der Waals surface area contributed by atoms with Gasteiger partial charge in [0.25, 0.3) is 10.0 Å². The minimum Gasteiger partial charge on any atom is -0.380 e. The van der Waals surface area contributed by atoms with Crippen LogP contribution in [0.15, 0.2) is 53.4 Å². The summed E-state index contributed by atoms with van der Waals surface area (Å²) in [5.74, 6) is -0.0827. The van der Waals surface area contributed by atoms with Gasteiger partial charge in [0.2, 0.25) is 0 Å². The maximum atomic E-state index is 12.3. The van der Waals surface area contributed by atoms with Crippen LogP contribution in [0.5, 0.6) is 5.75 Å². The molecule has 0 aliphatic rings. The topological polar surface area (TPSA) is 89.5 Å². The van der Waals surface area contributed by atoms with Gasteiger partial charge in [-0.25, -0.2) is 8.42 Å². The summed E-state index contributed by atoms with van der Waals surface area (Å²) in [5, 5.41) is 0. The van der Waals surface area contributed by atoms with E-state index in [1.54, 1.807) is 24.3 Å². The van der Waals surface area contributed by atoms with Crippen LogP contribution in [0.1, 0.15) is 5.56 Å². The van der Waals surface area contributed by atoms with Gasteiger partial charge in [-0.2, -0.15) is 8.42 Å². The summed E-state index contributed by atoms with van der Waals surface area (Å²) >= 11 is 0. The molecular formula is C14H15NO5S2. The van der Waals surface area contributed by atoms with Crippen LogP contribution in [-0.4, -0.2) is 23.1 Å². The van der Waals surface area contributed by atoms with Crippen molar-refractivity contribution < 1.29 is 21.0 Å². The van der Waals surface area contributed by atoms with E-state index in [9.17, 15) is 16.8 Å². The standard InChI is InChI=1S/C14H15NO5S2/c1-11-7-9-12(10-8-11)22(18,19)15-13-5-3-4-6-14(13)20-21(2,16)17/h3-10,15H,1-2H3. The molecule has 0 fully saturated rings. The van der Waals surface area contributed by atoms with Crippen molar-refractivity contribution in [3.8, 4) is 5.75 Å². The normalized spacial score (nSPS) is 11.9. The highest BCUT2D eigenvalue weighted by molar-refractivity contribution is 7.92. The number of para-hydroxylation sites is 2. The molecule has 2 rings (SSSR count). The maximum absolute atomic E-state index is 12.3. The van der Waals surface area contributed by atoms with E-state index >= 15 is 0 Å². The minimum atomic E-state index is -3.83. The highest BCUT2D eigenvalue weighted by atomic mass is 32.2. The van der Waals surface area contributed by atoms with Crippen LogP contribution < -0.4 is 8.91 Å². The zero-order valence-corrected chi connectivity index (χ0v) is 13.6. The molecule has 0 saturated heterocycles. The Kier molecular flexibility index (Phi) is 4.43. The van der Waals surface area contributed by atoms with Crippen molar-refractivity contribution in [2.75, 3.05) is 11.0 Å². The van der Waals surface area contributed by atoms with Gasteiger partial charge < -0.3 is 4.18 Å². The lowest BCUT2D eigenvalue weighted by Crippen LogP contribution is -2.15. The number of benzene rings is 2. The number of anilines is 1. The number of hydrogen-bond donors (Lipinski definition) is 1. The second kappa shape index (κ2) is 5.98. The van der Waals surface area contributed by atoms with E-state index in [1.807, 2.05) is 6.92 Å². The summed E-state index contributed by atoms with van der Waals surface area (Å²) in [6, 6.07) is 12.2. The Morgan fingerprint density at radius 1 is 0.909 bits per heavy atom. The number of rotatable bonds is 5. The summed E-state index contributed by atoms with van der Waals surface area (Å²) in [6.07, 6.45) is 0.887. The highest BCUT2D eigenvalue weighted by Gasteiger charge is 2.17. The Hall–Kier alpha value is -2.06. The predicted octanol–water partition coefficient (Wildman–Crippen LogP) is 2.13. The first-order chi connectivity index (χ1) is 10.2. The van der Waals surface area contributed by atoms with Gasteiger partial charge >= 0.3 is 10.1 Å². The lowest BCUT2D eigenvalue weighted by Gasteiger charge is -2.12. The summed E-state index contributed by atoms with van der Waals surface area (Å²) in [7, 11) is -7.59. The van der Waals surface area contributed by atoms with Crippen LogP contribution in [0.25, 0.3) is 0 Å². The molecule has 0 saturated carbocycles. The summed E-state index contributed by atoms with van der Waals surface area (Å²) in [6.45, 7) is 1.85. The van der Waals surface area contributed by atoms with Crippen LogP contribution in [0.2, 0.25) is 0 Å². The Morgan fingerprint density at radius 3 is 2.09 bits per heavy atom. The van der Waals surface area contributed by atoms with Crippen LogP contribution in [0.3, 0.4) is 0 Å². The third kappa shape index (κ3) is 4.22.